The highest BCUT2D eigenvalue weighted by Crippen LogP contribution is 2.26. The second-order valence-corrected chi connectivity index (χ2v) is 8.66. The predicted octanol–water partition coefficient (Wildman–Crippen LogP) is 5.98. The lowest BCUT2D eigenvalue weighted by Crippen LogP contribution is -2.20. The maximum Gasteiger partial charge on any atom is 0.266 e. The number of carbonyl (C=O) groups excluding carboxylic acids is 2. The van der Waals surface area contributed by atoms with Crippen LogP contribution in [-0.4, -0.2) is 25.5 Å². The molecule has 0 saturated carbocycles. The van der Waals surface area contributed by atoms with Crippen molar-refractivity contribution < 1.29 is 19.1 Å². The Morgan fingerprint density at radius 3 is 2.43 bits per heavy atom. The third kappa shape index (κ3) is 7.34. The van der Waals surface area contributed by atoms with E-state index < -0.39 is 5.91 Å². The molecule has 0 heterocycles. The first-order valence-electron chi connectivity index (χ1n) is 10.3. The van der Waals surface area contributed by atoms with Crippen LogP contribution in [0.25, 0.3) is 6.08 Å². The van der Waals surface area contributed by atoms with Crippen LogP contribution in [0, 0.1) is 18.3 Å². The first-order valence-corrected chi connectivity index (χ1v) is 11.5. The third-order valence-electron chi connectivity index (χ3n) is 4.80. The number of nitrogens with zero attached hydrogens (tertiary/aromatic N) is 1. The second kappa shape index (κ2) is 12.1. The summed E-state index contributed by atoms with van der Waals surface area (Å²) in [5.41, 5.74) is 2.27. The molecule has 9 heteroatoms. The van der Waals surface area contributed by atoms with E-state index in [9.17, 15) is 14.9 Å². The fourth-order valence-electron chi connectivity index (χ4n) is 2.95. The highest BCUT2D eigenvalue weighted by molar-refractivity contribution is 9.10. The number of benzene rings is 3. The molecule has 0 bridgehead atoms. The van der Waals surface area contributed by atoms with Gasteiger partial charge in [0.2, 0.25) is 0 Å². The van der Waals surface area contributed by atoms with Crippen LogP contribution >= 0.6 is 27.5 Å². The highest BCUT2D eigenvalue weighted by atomic mass is 79.9. The molecule has 0 aliphatic rings. The van der Waals surface area contributed by atoms with Crippen molar-refractivity contribution in [1.29, 1.82) is 5.26 Å². The van der Waals surface area contributed by atoms with Crippen LogP contribution in [0.5, 0.6) is 11.5 Å². The summed E-state index contributed by atoms with van der Waals surface area (Å²) >= 11 is 9.48. The van der Waals surface area contributed by atoms with E-state index in [4.69, 9.17) is 21.1 Å². The van der Waals surface area contributed by atoms with Crippen molar-refractivity contribution in [2.75, 3.05) is 24.4 Å². The topological polar surface area (TPSA) is 100 Å². The maximum atomic E-state index is 12.7. The van der Waals surface area contributed by atoms with Crippen molar-refractivity contribution in [3.63, 3.8) is 0 Å². The number of rotatable bonds is 8. The number of aryl methyl sites for hydroxylation is 1. The normalized spacial score (nSPS) is 10.8. The number of carbonyl (C=O) groups is 2. The molecule has 0 atom stereocenters. The van der Waals surface area contributed by atoms with Gasteiger partial charge in [-0.2, -0.15) is 5.26 Å². The van der Waals surface area contributed by atoms with Gasteiger partial charge in [-0.1, -0.05) is 33.6 Å². The summed E-state index contributed by atoms with van der Waals surface area (Å²) in [6.45, 7) is 1.58. The molecular weight excluding hydrogens is 534 g/mol. The van der Waals surface area contributed by atoms with E-state index in [1.54, 1.807) is 67.8 Å². The Labute approximate surface area is 216 Å². The molecule has 0 unspecified atom stereocenters. The third-order valence-corrected chi connectivity index (χ3v) is 5.70. The van der Waals surface area contributed by atoms with Gasteiger partial charge in [0.05, 0.1) is 7.11 Å². The Morgan fingerprint density at radius 1 is 1.06 bits per heavy atom. The van der Waals surface area contributed by atoms with Crippen LogP contribution in [-0.2, 0) is 9.59 Å². The van der Waals surface area contributed by atoms with Gasteiger partial charge >= 0.3 is 0 Å². The average molecular weight is 555 g/mol. The summed E-state index contributed by atoms with van der Waals surface area (Å²) in [5.74, 6) is -0.00196. The zero-order chi connectivity index (χ0) is 25.4. The molecule has 0 aromatic heterocycles. The van der Waals surface area contributed by atoms with Crippen LogP contribution < -0.4 is 20.1 Å². The lowest BCUT2D eigenvalue weighted by molar-refractivity contribution is -0.118. The van der Waals surface area contributed by atoms with E-state index >= 15 is 0 Å². The minimum atomic E-state index is -0.586. The summed E-state index contributed by atoms with van der Waals surface area (Å²) in [6.07, 6.45) is 1.40. The van der Waals surface area contributed by atoms with Gasteiger partial charge in [0.15, 0.2) is 6.61 Å². The van der Waals surface area contributed by atoms with Crippen molar-refractivity contribution in [3.8, 4) is 17.6 Å². The van der Waals surface area contributed by atoms with Crippen molar-refractivity contribution in [2.24, 2.45) is 0 Å². The van der Waals surface area contributed by atoms with Gasteiger partial charge in [-0.15, -0.1) is 0 Å². The minimum absolute atomic E-state index is 0.137. The Bertz CT molecular complexity index is 1320. The van der Waals surface area contributed by atoms with Crippen molar-refractivity contribution in [3.05, 3.63) is 86.9 Å². The molecule has 0 fully saturated rings. The van der Waals surface area contributed by atoms with Gasteiger partial charge in [0, 0.05) is 26.4 Å². The monoisotopic (exact) mass is 553 g/mol. The lowest BCUT2D eigenvalue weighted by atomic mass is 10.1. The Morgan fingerprint density at radius 2 is 1.77 bits per heavy atom. The molecule has 35 heavy (non-hydrogen) atoms. The molecule has 0 spiro atoms. The average Bonchev–Trinajstić information content (AvgIpc) is 2.84. The van der Waals surface area contributed by atoms with E-state index in [0.29, 0.717) is 37.9 Å². The standard InChI is InChI=1S/C26H21BrClN3O4/c1-16-3-5-21(13-23(16)28)30-25(32)15-35-24-10-4-19(27)12-17(24)11-18(14-29)26(33)31-20-6-8-22(34-2)9-7-20/h3-13H,15H2,1-2H3,(H,30,32)(H,31,33)/b18-11-. The van der Waals surface area contributed by atoms with Gasteiger partial charge in [-0.05, 0) is 73.2 Å². The molecule has 0 saturated heterocycles. The van der Waals surface area contributed by atoms with Crippen LogP contribution in [0.1, 0.15) is 11.1 Å². The first-order chi connectivity index (χ1) is 16.8. The van der Waals surface area contributed by atoms with Crippen LogP contribution in [0.15, 0.2) is 70.7 Å². The smallest absolute Gasteiger partial charge is 0.266 e. The quantitative estimate of drug-likeness (QED) is 0.263. The van der Waals surface area contributed by atoms with Crippen LogP contribution in [0.4, 0.5) is 11.4 Å². The van der Waals surface area contributed by atoms with E-state index in [2.05, 4.69) is 26.6 Å². The molecule has 2 amide bonds. The first kappa shape index (κ1) is 25.8. The number of hydrogen-bond acceptors (Lipinski definition) is 5. The number of methoxy groups -OCH3 is 1. The molecule has 178 valence electrons. The highest BCUT2D eigenvalue weighted by Gasteiger charge is 2.13. The zero-order valence-corrected chi connectivity index (χ0v) is 21.2. The molecule has 2 N–H and O–H groups in total. The van der Waals surface area contributed by atoms with E-state index in [-0.39, 0.29) is 18.1 Å². The number of ether oxygens (including phenoxy) is 2. The fraction of sp³-hybridized carbons (Fsp3) is 0.115. The van der Waals surface area contributed by atoms with Crippen molar-refractivity contribution in [1.82, 2.24) is 0 Å². The van der Waals surface area contributed by atoms with Crippen LogP contribution in [0.3, 0.4) is 0 Å². The SMILES string of the molecule is COc1ccc(NC(=O)/C(C#N)=C\c2cc(Br)ccc2OCC(=O)Nc2ccc(C)c(Cl)c2)cc1. The molecule has 0 aliphatic carbocycles. The van der Waals surface area contributed by atoms with Gasteiger partial charge in [-0.25, -0.2) is 0 Å². The van der Waals surface area contributed by atoms with E-state index in [0.717, 1.165) is 5.56 Å². The summed E-state index contributed by atoms with van der Waals surface area (Å²) in [4.78, 5) is 25.0. The second-order valence-electron chi connectivity index (χ2n) is 7.34. The Balaban J connectivity index is 1.73. The molecule has 7 nitrogen and oxygen atoms in total. The van der Waals surface area contributed by atoms with Gasteiger partial charge < -0.3 is 20.1 Å². The summed E-state index contributed by atoms with van der Waals surface area (Å²) in [7, 11) is 1.55. The van der Waals surface area contributed by atoms with Crippen LogP contribution in [0.2, 0.25) is 5.02 Å². The number of hydrogen-bond donors (Lipinski definition) is 2. The molecule has 0 radical (unpaired) electrons. The summed E-state index contributed by atoms with van der Waals surface area (Å²) < 4.78 is 11.5. The van der Waals surface area contributed by atoms with Crippen molar-refractivity contribution in [2.45, 2.75) is 6.92 Å². The largest absolute Gasteiger partial charge is 0.497 e. The molecular formula is C26H21BrClN3O4. The fourth-order valence-corrected chi connectivity index (χ4v) is 3.51. The van der Waals surface area contributed by atoms with Gasteiger partial charge in [0.1, 0.15) is 23.1 Å². The lowest BCUT2D eigenvalue weighted by Gasteiger charge is -2.11. The molecule has 3 rings (SSSR count). The van der Waals surface area contributed by atoms with E-state index in [1.165, 1.54) is 6.08 Å². The minimum Gasteiger partial charge on any atom is -0.497 e. The molecule has 3 aromatic carbocycles. The number of anilines is 2. The van der Waals surface area contributed by atoms with Crippen molar-refractivity contribution >= 4 is 56.8 Å². The molecule has 0 aliphatic heterocycles. The Hall–Kier alpha value is -3.80. The number of halogens is 2. The van der Waals surface area contributed by atoms with Gasteiger partial charge in [-0.3, -0.25) is 9.59 Å². The number of nitrogens with one attached hydrogen (secondary N) is 2. The Kier molecular flexibility index (Phi) is 8.90. The molecule has 3 aromatic rings. The maximum absolute atomic E-state index is 12.7. The van der Waals surface area contributed by atoms with Gasteiger partial charge in [0.25, 0.3) is 11.8 Å². The predicted molar refractivity (Wildman–Crippen MR) is 140 cm³/mol. The summed E-state index contributed by atoms with van der Waals surface area (Å²) in [6, 6.07) is 18.9. The zero-order valence-electron chi connectivity index (χ0n) is 18.9. The number of nitriles is 1. The number of amides is 2. The summed E-state index contributed by atoms with van der Waals surface area (Å²) in [5, 5.41) is 15.5. The van der Waals surface area contributed by atoms with E-state index in [1.807, 2.05) is 13.0 Å².